The number of rotatable bonds is 9. The van der Waals surface area contributed by atoms with Crippen molar-refractivity contribution in [2.45, 2.75) is 13.2 Å². The van der Waals surface area contributed by atoms with Crippen molar-refractivity contribution in [1.82, 2.24) is 5.32 Å². The molecule has 0 amide bonds. The van der Waals surface area contributed by atoms with Crippen LogP contribution in [0.5, 0.6) is 11.5 Å². The Kier molecular flexibility index (Phi) is 10.5. The van der Waals surface area contributed by atoms with Crippen LogP contribution < -0.4 is 20.5 Å². The van der Waals surface area contributed by atoms with E-state index in [4.69, 9.17) is 19.9 Å². The van der Waals surface area contributed by atoms with Crippen molar-refractivity contribution < 1.29 is 14.2 Å². The van der Waals surface area contributed by atoms with Crippen molar-refractivity contribution in [2.75, 3.05) is 27.4 Å². The van der Waals surface area contributed by atoms with E-state index >= 15 is 0 Å². The quantitative estimate of drug-likeness (QED) is 0.255. The Morgan fingerprint density at radius 3 is 2.42 bits per heavy atom. The third kappa shape index (κ3) is 7.49. The van der Waals surface area contributed by atoms with E-state index in [0.717, 1.165) is 11.1 Å². The second kappa shape index (κ2) is 12.4. The fraction of sp³-hybridized carbons (Fsp3) is 0.316. The maximum atomic E-state index is 5.87. The van der Waals surface area contributed by atoms with Crippen molar-refractivity contribution in [3.8, 4) is 11.5 Å². The first-order valence-corrected chi connectivity index (χ1v) is 8.09. The molecule has 6 nitrogen and oxygen atoms in total. The van der Waals surface area contributed by atoms with E-state index in [-0.39, 0.29) is 24.0 Å². The number of hydrogen-bond acceptors (Lipinski definition) is 4. The molecule has 0 fully saturated rings. The lowest BCUT2D eigenvalue weighted by atomic mass is 10.2. The topological polar surface area (TPSA) is 78.1 Å². The number of aliphatic imine (C=N–C) groups is 1. The average molecular weight is 471 g/mol. The summed E-state index contributed by atoms with van der Waals surface area (Å²) in [6, 6.07) is 15.7. The second-order valence-electron chi connectivity index (χ2n) is 5.36. The molecule has 0 spiro atoms. The number of methoxy groups -OCH3 is 2. The summed E-state index contributed by atoms with van der Waals surface area (Å²) in [5.74, 6) is 1.76. The summed E-state index contributed by atoms with van der Waals surface area (Å²) in [4.78, 5) is 4.31. The van der Waals surface area contributed by atoms with E-state index in [1.54, 1.807) is 14.2 Å². The molecule has 0 aliphatic rings. The molecule has 2 aromatic carbocycles. The Balaban J connectivity index is 0.00000338. The maximum Gasteiger partial charge on any atom is 0.188 e. The zero-order valence-corrected chi connectivity index (χ0v) is 17.4. The molecule has 7 heteroatoms. The first-order valence-electron chi connectivity index (χ1n) is 8.09. The summed E-state index contributed by atoms with van der Waals surface area (Å²) in [7, 11) is 3.22. The molecule has 0 saturated heterocycles. The molecule has 0 aromatic heterocycles. The lowest BCUT2D eigenvalue weighted by Gasteiger charge is -2.09. The summed E-state index contributed by atoms with van der Waals surface area (Å²) in [6.45, 7) is 2.21. The van der Waals surface area contributed by atoms with Gasteiger partial charge < -0.3 is 25.3 Å². The molecule has 26 heavy (non-hydrogen) atoms. The molecule has 0 atom stereocenters. The van der Waals surface area contributed by atoms with Crippen LogP contribution in [-0.4, -0.2) is 33.3 Å². The molecule has 0 saturated carbocycles. The van der Waals surface area contributed by atoms with E-state index in [1.807, 2.05) is 48.5 Å². The highest BCUT2D eigenvalue weighted by Gasteiger charge is 2.04. The van der Waals surface area contributed by atoms with E-state index in [1.165, 1.54) is 0 Å². The lowest BCUT2D eigenvalue weighted by molar-refractivity contribution is 0.125. The Morgan fingerprint density at radius 1 is 1.00 bits per heavy atom. The van der Waals surface area contributed by atoms with Gasteiger partial charge in [-0.1, -0.05) is 36.4 Å². The molecule has 0 radical (unpaired) electrons. The van der Waals surface area contributed by atoms with Gasteiger partial charge in [0.15, 0.2) is 17.5 Å². The molecular weight excluding hydrogens is 445 g/mol. The van der Waals surface area contributed by atoms with Crippen LogP contribution in [0.3, 0.4) is 0 Å². The Labute approximate surface area is 171 Å². The molecule has 0 unspecified atom stereocenters. The van der Waals surface area contributed by atoms with E-state index in [9.17, 15) is 0 Å². The van der Waals surface area contributed by atoms with Crippen LogP contribution in [0.25, 0.3) is 0 Å². The molecular formula is C19H26IN3O3. The maximum absolute atomic E-state index is 5.87. The predicted octanol–water partition coefficient (Wildman–Crippen LogP) is 2.94. The standard InChI is InChI=1S/C19H25N3O3.HI/c1-23-17-9-8-16(12-18(17)24-2)13-22-19(20)21-10-11-25-14-15-6-4-3-5-7-15;/h3-9,12H,10-11,13-14H2,1-2H3,(H3,20,21,22);1H. The first-order chi connectivity index (χ1) is 12.2. The summed E-state index contributed by atoms with van der Waals surface area (Å²) >= 11 is 0. The molecule has 0 heterocycles. The predicted molar refractivity (Wildman–Crippen MR) is 114 cm³/mol. The SMILES string of the molecule is COc1ccc(CN=C(N)NCCOCc2ccccc2)cc1OC.I. The summed E-state index contributed by atoms with van der Waals surface area (Å²) in [5, 5.41) is 3.04. The third-order valence-corrected chi connectivity index (χ3v) is 3.54. The Bertz CT molecular complexity index is 681. The highest BCUT2D eigenvalue weighted by Crippen LogP contribution is 2.27. The van der Waals surface area contributed by atoms with Crippen LogP contribution in [0.4, 0.5) is 0 Å². The van der Waals surface area contributed by atoms with Gasteiger partial charge in [-0.3, -0.25) is 0 Å². The number of benzene rings is 2. The van der Waals surface area contributed by atoms with Gasteiger partial charge in [0.2, 0.25) is 0 Å². The number of halogens is 1. The fourth-order valence-corrected chi connectivity index (χ4v) is 2.23. The molecule has 0 aliphatic carbocycles. The number of guanidine groups is 1. The minimum Gasteiger partial charge on any atom is -0.493 e. The minimum atomic E-state index is 0. The number of nitrogens with one attached hydrogen (secondary N) is 1. The average Bonchev–Trinajstić information content (AvgIpc) is 2.66. The number of ether oxygens (including phenoxy) is 3. The van der Waals surface area contributed by atoms with Crippen molar-refractivity contribution >= 4 is 29.9 Å². The Hall–Kier alpha value is -2.00. The van der Waals surface area contributed by atoms with Crippen LogP contribution >= 0.6 is 24.0 Å². The fourth-order valence-electron chi connectivity index (χ4n) is 2.23. The van der Waals surface area contributed by atoms with Crippen molar-refractivity contribution in [2.24, 2.45) is 10.7 Å². The van der Waals surface area contributed by atoms with Crippen LogP contribution in [0.2, 0.25) is 0 Å². The van der Waals surface area contributed by atoms with Crippen LogP contribution in [-0.2, 0) is 17.9 Å². The summed E-state index contributed by atoms with van der Waals surface area (Å²) in [6.07, 6.45) is 0. The van der Waals surface area contributed by atoms with Gasteiger partial charge in [-0.05, 0) is 23.3 Å². The van der Waals surface area contributed by atoms with Gasteiger partial charge in [0.1, 0.15) is 0 Å². The van der Waals surface area contributed by atoms with E-state index < -0.39 is 0 Å². The molecule has 142 valence electrons. The van der Waals surface area contributed by atoms with Gasteiger partial charge in [0.25, 0.3) is 0 Å². The van der Waals surface area contributed by atoms with Gasteiger partial charge >= 0.3 is 0 Å². The first kappa shape index (κ1) is 22.0. The van der Waals surface area contributed by atoms with Crippen molar-refractivity contribution in [1.29, 1.82) is 0 Å². The van der Waals surface area contributed by atoms with Gasteiger partial charge in [-0.15, -0.1) is 24.0 Å². The largest absolute Gasteiger partial charge is 0.493 e. The zero-order valence-electron chi connectivity index (χ0n) is 15.1. The highest BCUT2D eigenvalue weighted by molar-refractivity contribution is 14.0. The lowest BCUT2D eigenvalue weighted by Crippen LogP contribution is -2.34. The smallest absolute Gasteiger partial charge is 0.188 e. The van der Waals surface area contributed by atoms with E-state index in [0.29, 0.717) is 43.8 Å². The summed E-state index contributed by atoms with van der Waals surface area (Å²) < 4.78 is 16.1. The number of nitrogens with two attached hydrogens (primary N) is 1. The monoisotopic (exact) mass is 471 g/mol. The normalized spacial score (nSPS) is 10.8. The summed E-state index contributed by atoms with van der Waals surface area (Å²) in [5.41, 5.74) is 8.01. The van der Waals surface area contributed by atoms with Crippen LogP contribution in [0.15, 0.2) is 53.5 Å². The Morgan fingerprint density at radius 2 is 1.73 bits per heavy atom. The highest BCUT2D eigenvalue weighted by atomic mass is 127. The molecule has 2 aromatic rings. The van der Waals surface area contributed by atoms with Crippen molar-refractivity contribution in [3.05, 3.63) is 59.7 Å². The van der Waals surface area contributed by atoms with E-state index in [2.05, 4.69) is 10.3 Å². The van der Waals surface area contributed by atoms with Gasteiger partial charge in [-0.2, -0.15) is 0 Å². The second-order valence-corrected chi connectivity index (χ2v) is 5.36. The number of nitrogens with zero attached hydrogens (tertiary/aromatic N) is 1. The minimum absolute atomic E-state index is 0. The number of hydrogen-bond donors (Lipinski definition) is 2. The van der Waals surface area contributed by atoms with Crippen LogP contribution in [0, 0.1) is 0 Å². The van der Waals surface area contributed by atoms with Gasteiger partial charge in [-0.25, -0.2) is 4.99 Å². The molecule has 2 rings (SSSR count). The molecule has 0 bridgehead atoms. The van der Waals surface area contributed by atoms with Gasteiger partial charge in [0, 0.05) is 6.54 Å². The molecule has 3 N–H and O–H groups in total. The van der Waals surface area contributed by atoms with Gasteiger partial charge in [0.05, 0.1) is 34.0 Å². The molecule has 0 aliphatic heterocycles. The van der Waals surface area contributed by atoms with Crippen LogP contribution in [0.1, 0.15) is 11.1 Å². The van der Waals surface area contributed by atoms with Crippen molar-refractivity contribution in [3.63, 3.8) is 0 Å². The third-order valence-electron chi connectivity index (χ3n) is 3.54. The zero-order chi connectivity index (χ0) is 17.9.